The summed E-state index contributed by atoms with van der Waals surface area (Å²) in [5.41, 5.74) is 8.25. The lowest BCUT2D eigenvalue weighted by molar-refractivity contribution is 0.188. The standard InChI is InChI=1S/C9H21N3OSi/c1-5-6-7-9(8-11-12-10)13-14(2,3)4/h9H,5-8H2,1-4H3. The minimum absolute atomic E-state index is 0.123. The van der Waals surface area contributed by atoms with Gasteiger partial charge in [0.05, 0.1) is 12.6 Å². The molecule has 4 nitrogen and oxygen atoms in total. The quantitative estimate of drug-likeness (QED) is 0.276. The molecule has 0 heterocycles. The van der Waals surface area contributed by atoms with Gasteiger partial charge in [0.2, 0.25) is 0 Å². The first-order valence-corrected chi connectivity index (χ1v) is 8.59. The van der Waals surface area contributed by atoms with Crippen LogP contribution >= 0.6 is 0 Å². The summed E-state index contributed by atoms with van der Waals surface area (Å²) < 4.78 is 5.92. The van der Waals surface area contributed by atoms with E-state index in [-0.39, 0.29) is 6.10 Å². The fourth-order valence-electron chi connectivity index (χ4n) is 1.25. The maximum Gasteiger partial charge on any atom is 0.184 e. The molecule has 0 bridgehead atoms. The summed E-state index contributed by atoms with van der Waals surface area (Å²) >= 11 is 0. The zero-order valence-corrected chi connectivity index (χ0v) is 10.7. The molecule has 0 rings (SSSR count). The van der Waals surface area contributed by atoms with Crippen LogP contribution in [0.5, 0.6) is 0 Å². The average Bonchev–Trinajstić information content (AvgIpc) is 2.07. The van der Waals surface area contributed by atoms with Gasteiger partial charge in [0.15, 0.2) is 8.32 Å². The third-order valence-electron chi connectivity index (χ3n) is 1.75. The monoisotopic (exact) mass is 215 g/mol. The fraction of sp³-hybridized carbons (Fsp3) is 1.00. The Morgan fingerprint density at radius 3 is 2.50 bits per heavy atom. The summed E-state index contributed by atoms with van der Waals surface area (Å²) in [4.78, 5) is 2.77. The van der Waals surface area contributed by atoms with Crippen molar-refractivity contribution >= 4 is 8.32 Å². The topological polar surface area (TPSA) is 58.0 Å². The number of rotatable bonds is 7. The van der Waals surface area contributed by atoms with Gasteiger partial charge in [0, 0.05) is 4.91 Å². The van der Waals surface area contributed by atoms with Crippen LogP contribution in [0, 0.1) is 0 Å². The van der Waals surface area contributed by atoms with Crippen LogP contribution in [-0.4, -0.2) is 21.0 Å². The van der Waals surface area contributed by atoms with Crippen LogP contribution in [0.4, 0.5) is 0 Å². The molecule has 0 saturated heterocycles. The Bertz CT molecular complexity index is 197. The van der Waals surface area contributed by atoms with Crippen molar-refractivity contribution in [2.24, 2.45) is 5.11 Å². The van der Waals surface area contributed by atoms with E-state index in [1.165, 1.54) is 0 Å². The molecule has 0 radical (unpaired) electrons. The smallest absolute Gasteiger partial charge is 0.184 e. The molecule has 0 spiro atoms. The number of nitrogens with zero attached hydrogens (tertiary/aromatic N) is 3. The number of hydrogen-bond acceptors (Lipinski definition) is 2. The molecule has 0 aliphatic rings. The molecule has 0 aromatic carbocycles. The molecule has 0 amide bonds. The van der Waals surface area contributed by atoms with Crippen molar-refractivity contribution in [2.45, 2.75) is 51.9 Å². The second-order valence-electron chi connectivity index (χ2n) is 4.41. The van der Waals surface area contributed by atoms with Gasteiger partial charge in [-0.05, 0) is 31.6 Å². The van der Waals surface area contributed by atoms with Crippen LogP contribution in [0.1, 0.15) is 26.2 Å². The summed E-state index contributed by atoms with van der Waals surface area (Å²) in [6, 6.07) is 0. The van der Waals surface area contributed by atoms with E-state index in [1.807, 2.05) is 0 Å². The van der Waals surface area contributed by atoms with Gasteiger partial charge < -0.3 is 4.43 Å². The highest BCUT2D eigenvalue weighted by Crippen LogP contribution is 2.13. The zero-order valence-electron chi connectivity index (χ0n) is 9.66. The molecule has 0 fully saturated rings. The Kier molecular flexibility index (Phi) is 6.62. The lowest BCUT2D eigenvalue weighted by Crippen LogP contribution is -2.33. The average molecular weight is 215 g/mol. The highest BCUT2D eigenvalue weighted by Gasteiger charge is 2.20. The van der Waals surface area contributed by atoms with Gasteiger partial charge >= 0.3 is 0 Å². The molecule has 1 unspecified atom stereocenters. The third-order valence-corrected chi connectivity index (χ3v) is 2.79. The Hall–Kier alpha value is -0.513. The van der Waals surface area contributed by atoms with E-state index in [9.17, 15) is 0 Å². The van der Waals surface area contributed by atoms with Gasteiger partial charge in [-0.15, -0.1) is 0 Å². The van der Waals surface area contributed by atoms with Gasteiger partial charge in [0.1, 0.15) is 0 Å². The fourth-order valence-corrected chi connectivity index (χ4v) is 2.44. The maximum atomic E-state index is 8.25. The molecule has 0 N–H and O–H groups in total. The Balaban J connectivity index is 4.02. The van der Waals surface area contributed by atoms with Crippen molar-refractivity contribution in [1.29, 1.82) is 0 Å². The van der Waals surface area contributed by atoms with Crippen LogP contribution in [0.3, 0.4) is 0 Å². The van der Waals surface area contributed by atoms with Gasteiger partial charge in [0.25, 0.3) is 0 Å². The zero-order chi connectivity index (χ0) is 11.0. The minimum atomic E-state index is -1.50. The van der Waals surface area contributed by atoms with Crippen LogP contribution in [0.15, 0.2) is 5.11 Å². The van der Waals surface area contributed by atoms with E-state index >= 15 is 0 Å². The normalized spacial score (nSPS) is 13.4. The van der Waals surface area contributed by atoms with Crippen molar-refractivity contribution in [3.63, 3.8) is 0 Å². The molecule has 0 aromatic rings. The van der Waals surface area contributed by atoms with Crippen molar-refractivity contribution < 1.29 is 4.43 Å². The largest absolute Gasteiger partial charge is 0.415 e. The minimum Gasteiger partial charge on any atom is -0.415 e. The van der Waals surface area contributed by atoms with E-state index in [1.54, 1.807) is 0 Å². The molecule has 82 valence electrons. The number of unbranched alkanes of at least 4 members (excludes halogenated alkanes) is 1. The molecule has 14 heavy (non-hydrogen) atoms. The lowest BCUT2D eigenvalue weighted by atomic mass is 10.2. The van der Waals surface area contributed by atoms with E-state index < -0.39 is 8.32 Å². The molecule has 0 saturated carbocycles. The highest BCUT2D eigenvalue weighted by atomic mass is 28.4. The van der Waals surface area contributed by atoms with Gasteiger partial charge in [-0.2, -0.15) is 0 Å². The van der Waals surface area contributed by atoms with Crippen LogP contribution in [0.2, 0.25) is 19.6 Å². The van der Waals surface area contributed by atoms with Crippen molar-refractivity contribution in [3.05, 3.63) is 10.4 Å². The Morgan fingerprint density at radius 1 is 1.43 bits per heavy atom. The van der Waals surface area contributed by atoms with Crippen LogP contribution in [0.25, 0.3) is 10.4 Å². The highest BCUT2D eigenvalue weighted by molar-refractivity contribution is 6.69. The maximum absolute atomic E-state index is 8.25. The second kappa shape index (κ2) is 6.87. The van der Waals surface area contributed by atoms with E-state index in [0.29, 0.717) is 6.54 Å². The lowest BCUT2D eigenvalue weighted by Gasteiger charge is -2.25. The molecule has 0 aromatic heterocycles. The molecular weight excluding hydrogens is 194 g/mol. The van der Waals surface area contributed by atoms with Crippen molar-refractivity contribution in [3.8, 4) is 0 Å². The summed E-state index contributed by atoms with van der Waals surface area (Å²) in [6.07, 6.45) is 3.41. The van der Waals surface area contributed by atoms with Crippen LogP contribution in [-0.2, 0) is 4.43 Å². The summed E-state index contributed by atoms with van der Waals surface area (Å²) in [6.45, 7) is 9.09. The summed E-state index contributed by atoms with van der Waals surface area (Å²) in [5.74, 6) is 0. The van der Waals surface area contributed by atoms with Crippen molar-refractivity contribution in [1.82, 2.24) is 0 Å². The Morgan fingerprint density at radius 2 is 2.07 bits per heavy atom. The first-order chi connectivity index (χ1) is 6.49. The summed E-state index contributed by atoms with van der Waals surface area (Å²) in [5, 5.41) is 3.59. The third kappa shape index (κ3) is 8.10. The van der Waals surface area contributed by atoms with Crippen LogP contribution < -0.4 is 0 Å². The predicted molar refractivity (Wildman–Crippen MR) is 61.8 cm³/mol. The summed E-state index contributed by atoms with van der Waals surface area (Å²) in [7, 11) is -1.50. The van der Waals surface area contributed by atoms with E-state index in [2.05, 4.69) is 36.6 Å². The van der Waals surface area contributed by atoms with E-state index in [4.69, 9.17) is 9.96 Å². The van der Waals surface area contributed by atoms with Gasteiger partial charge in [-0.1, -0.05) is 24.9 Å². The van der Waals surface area contributed by atoms with E-state index in [0.717, 1.165) is 19.3 Å². The molecule has 5 heteroatoms. The number of azide groups is 1. The molecule has 1 atom stereocenters. The molecular formula is C9H21N3OSi. The molecule has 0 aliphatic heterocycles. The van der Waals surface area contributed by atoms with Gasteiger partial charge in [-0.3, -0.25) is 0 Å². The van der Waals surface area contributed by atoms with Crippen molar-refractivity contribution in [2.75, 3.05) is 6.54 Å². The SMILES string of the molecule is CCCCC(CN=[N+]=[N-])O[Si](C)(C)C. The number of hydrogen-bond donors (Lipinski definition) is 0. The molecule has 0 aliphatic carbocycles. The Labute approximate surface area is 87.4 Å². The first kappa shape index (κ1) is 13.5. The second-order valence-corrected chi connectivity index (χ2v) is 8.87. The first-order valence-electron chi connectivity index (χ1n) is 5.18. The van der Waals surface area contributed by atoms with Gasteiger partial charge in [-0.25, -0.2) is 0 Å². The predicted octanol–water partition coefficient (Wildman–Crippen LogP) is 3.71.